The molecular weight excluding hydrogens is 1660 g/mol. The molecule has 1 aliphatic carbocycles. The first-order valence-corrected chi connectivity index (χ1v) is 46.8. The molecule has 129 heavy (non-hydrogen) atoms. The van der Waals surface area contributed by atoms with E-state index in [1.54, 1.807) is 54.4 Å². The number of piperidine rings is 1. The summed E-state index contributed by atoms with van der Waals surface area (Å²) in [6, 6.07) is 2.83. The molecule has 2 saturated heterocycles. The second kappa shape index (κ2) is 61.1. The summed E-state index contributed by atoms with van der Waals surface area (Å²) in [5, 5.41) is 30.1. The van der Waals surface area contributed by atoms with Gasteiger partial charge in [0.1, 0.15) is 71.3 Å². The molecule has 7 heterocycles. The van der Waals surface area contributed by atoms with Crippen molar-refractivity contribution in [2.75, 3.05) is 140 Å². The van der Waals surface area contributed by atoms with Crippen LogP contribution < -0.4 is 5.73 Å². The van der Waals surface area contributed by atoms with Crippen LogP contribution in [0.4, 0.5) is 5.82 Å². The molecule has 0 spiro atoms. The van der Waals surface area contributed by atoms with E-state index in [-0.39, 0.29) is 78.8 Å². The number of anilines is 1. The highest BCUT2D eigenvalue weighted by molar-refractivity contribution is 6.39. The van der Waals surface area contributed by atoms with Gasteiger partial charge in [0.15, 0.2) is 11.4 Å². The monoisotopic (exact) mass is 1810 g/mol. The Morgan fingerprint density at radius 2 is 1.35 bits per heavy atom. The minimum Gasteiger partial charge on any atom is -0.460 e. The molecule has 2 bridgehead atoms. The van der Waals surface area contributed by atoms with Gasteiger partial charge in [-0.15, -0.1) is 0 Å². The Kier molecular flexibility index (Phi) is 52.1. The summed E-state index contributed by atoms with van der Waals surface area (Å²) in [7, 11) is 6.11. The minimum absolute atomic E-state index is 0.00669. The number of aromatic amines is 1. The van der Waals surface area contributed by atoms with E-state index >= 15 is 0 Å². The van der Waals surface area contributed by atoms with Gasteiger partial charge in [-0.2, -0.15) is 5.10 Å². The van der Waals surface area contributed by atoms with Crippen molar-refractivity contribution in [1.82, 2.24) is 34.6 Å². The molecule has 4 aliphatic rings. The number of nitrogen functional groups attached to an aromatic ring is 1. The predicted molar refractivity (Wildman–Crippen MR) is 489 cm³/mol. The number of aliphatic hydroxyl groups excluding tert-OH is 1. The number of nitrogens with one attached hydrogen (secondary N) is 1. The van der Waals surface area contributed by atoms with Gasteiger partial charge in [-0.3, -0.25) is 33.6 Å². The number of nitrogens with two attached hydrogens (primary N) is 1. The number of aromatic nitrogens is 6. The van der Waals surface area contributed by atoms with Gasteiger partial charge in [0.2, 0.25) is 5.79 Å². The summed E-state index contributed by atoms with van der Waals surface area (Å²) in [5.41, 5.74) is 10.6. The number of carbonyl (C=O) groups is 8. The third kappa shape index (κ3) is 37.6. The quantitative estimate of drug-likeness (QED) is 0.0138. The summed E-state index contributed by atoms with van der Waals surface area (Å²) in [6.07, 6.45) is 23.3. The van der Waals surface area contributed by atoms with Crippen molar-refractivity contribution in [3.05, 3.63) is 78.5 Å². The Morgan fingerprint density at radius 3 is 2.02 bits per heavy atom. The Balaban J connectivity index is 0.000000366. The maximum atomic E-state index is 14.5. The van der Waals surface area contributed by atoms with Crippen molar-refractivity contribution in [2.24, 2.45) is 35.5 Å². The molecule has 5 N–H and O–H groups in total. The number of H-pyrrole nitrogens is 1. The number of hydrogen-bond donors (Lipinski definition) is 4. The van der Waals surface area contributed by atoms with Crippen LogP contribution in [-0.4, -0.2) is 280 Å². The van der Waals surface area contributed by atoms with Crippen LogP contribution in [0, 0.1) is 35.5 Å². The number of esters is 2. The van der Waals surface area contributed by atoms with E-state index in [0.29, 0.717) is 212 Å². The molecule has 0 aromatic carbocycles. The maximum absolute atomic E-state index is 14.5. The number of nitrogens with zero attached hydrogens (tertiary/aromatic N) is 6. The van der Waals surface area contributed by atoms with Gasteiger partial charge in [-0.1, -0.05) is 84.4 Å². The smallest absolute Gasteiger partial charge is 0.329 e. The predicted octanol–water partition coefficient (Wildman–Crippen LogP) is 12.9. The number of ketones is 5. The van der Waals surface area contributed by atoms with Crippen molar-refractivity contribution < 1.29 is 115 Å². The van der Waals surface area contributed by atoms with Crippen LogP contribution in [0.1, 0.15) is 217 Å². The molecule has 4 aromatic heterocycles. The van der Waals surface area contributed by atoms with Gasteiger partial charge in [-0.05, 0) is 165 Å². The average Bonchev–Trinajstić information content (AvgIpc) is 1.48. The molecule has 15 atom stereocenters. The van der Waals surface area contributed by atoms with E-state index in [0.717, 1.165) is 72.0 Å². The second-order valence-corrected chi connectivity index (χ2v) is 34.3. The number of amides is 1. The standard InChI is InChI=1S/C56H87NO15.C24H31N7O3.C17H34O6/c1-34-18-13-12-14-19-35(2)46(67-9)32-42-24-22-40(7)56(65,72-42)53(62)54(63)57-26-16-15-20-43(57)55(64)71-47(33-44(58)36(3)29-39(6)51(61)52(69-11)50(60)38(5)28-34)37(4)30-41-23-25-45(48(31-41)68-10)70-49(59)21-17-27-66-8;1-2-33-12-13-34-11-8-19(32)6-4-3-5-10-31-24-20(22(25)28-16-29-24)21(30-31)18-14-17-7-9-26-23(17)27-15-18;1-3-8-20-13-15-23-16-14-22-10-7-17(18)6-5-9-21-12-11-19-4-2/h12-14,18-19,29,34,36-38,40-43,45-48,51-52,61,65H,15-17,20-28,30-33H2,1-11H3;7,9,14-16H,2-6,8,10-13H2,1H3,(H,26,27)(H2,25,28,29);3-16H2,1-2H3/b14-12+,18-13+,35-19+,39-29+;;/t34-,36-,37-,38-,40-,41+,42+,43+,45-,46+,47+,48-,51-,52+,56-;;/m1../s1. The van der Waals surface area contributed by atoms with Gasteiger partial charge in [0, 0.05) is 161 Å². The number of unbranched alkanes of at least 4 members (excludes halogenated alkanes) is 2. The van der Waals surface area contributed by atoms with E-state index < -0.39 is 83.9 Å². The summed E-state index contributed by atoms with van der Waals surface area (Å²) in [6.45, 7) is 28.1. The van der Waals surface area contributed by atoms with Gasteiger partial charge in [0.05, 0.1) is 89.8 Å². The van der Waals surface area contributed by atoms with Crippen LogP contribution in [0.5, 0.6) is 0 Å². The fraction of sp³-hybridized carbons (Fsp3) is 0.711. The van der Waals surface area contributed by atoms with Gasteiger partial charge >= 0.3 is 11.9 Å². The number of ether oxygens (including phenoxy) is 14. The van der Waals surface area contributed by atoms with E-state index in [4.69, 9.17) is 77.1 Å². The largest absolute Gasteiger partial charge is 0.460 e. The van der Waals surface area contributed by atoms with E-state index in [1.165, 1.54) is 18.3 Å². The molecule has 3 aliphatic heterocycles. The van der Waals surface area contributed by atoms with Crippen LogP contribution in [0.2, 0.25) is 0 Å². The number of fused-ring (bicyclic) bond motifs is 5. The fourth-order valence-corrected chi connectivity index (χ4v) is 16.4. The maximum Gasteiger partial charge on any atom is 0.329 e. The third-order valence-corrected chi connectivity index (χ3v) is 24.1. The highest BCUT2D eigenvalue weighted by atomic mass is 16.6. The number of aliphatic hydroxyl groups is 2. The minimum atomic E-state index is -2.45. The summed E-state index contributed by atoms with van der Waals surface area (Å²) in [5.74, 6) is -7.71. The zero-order chi connectivity index (χ0) is 94.1. The Hall–Kier alpha value is -7.80. The van der Waals surface area contributed by atoms with Crippen LogP contribution in [0.15, 0.2) is 78.5 Å². The van der Waals surface area contributed by atoms with Crippen molar-refractivity contribution in [3.63, 3.8) is 0 Å². The molecule has 3 fully saturated rings. The lowest BCUT2D eigenvalue weighted by Gasteiger charge is -2.42. The molecule has 0 radical (unpaired) electrons. The molecule has 1 amide bonds. The second-order valence-electron chi connectivity index (χ2n) is 34.3. The zero-order valence-corrected chi connectivity index (χ0v) is 79.4. The summed E-state index contributed by atoms with van der Waals surface area (Å²) >= 11 is 0. The fourth-order valence-electron chi connectivity index (χ4n) is 16.4. The molecule has 32 nitrogen and oxygen atoms in total. The van der Waals surface area contributed by atoms with Crippen molar-refractivity contribution in [3.8, 4) is 11.3 Å². The molecule has 8 rings (SSSR count). The Labute approximate surface area is 763 Å². The first-order valence-electron chi connectivity index (χ1n) is 46.8. The first-order chi connectivity index (χ1) is 62.2. The number of Topliss-reactive ketones (excluding diaryl/α,β-unsaturated/α-hetero) is 5. The highest BCUT2D eigenvalue weighted by Gasteiger charge is 2.53. The van der Waals surface area contributed by atoms with Gasteiger partial charge < -0.3 is 92.1 Å². The van der Waals surface area contributed by atoms with E-state index in [9.17, 15) is 48.6 Å². The average molecular weight is 1810 g/mol. The van der Waals surface area contributed by atoms with Crippen LogP contribution in [0.3, 0.4) is 0 Å². The topological polar surface area (TPSA) is 408 Å². The van der Waals surface area contributed by atoms with Crippen LogP contribution >= 0.6 is 0 Å². The number of pyridine rings is 1. The lowest BCUT2D eigenvalue weighted by molar-refractivity contribution is -0.265. The normalized spacial score (nSPS) is 26.0. The van der Waals surface area contributed by atoms with Gasteiger partial charge in [0.25, 0.3) is 11.7 Å². The number of rotatable bonds is 44. The number of cyclic esters (lactones) is 1. The molecule has 1 saturated carbocycles. The Bertz CT molecular complexity index is 4130. The molecule has 4 aromatic rings. The first kappa shape index (κ1) is 110. The highest BCUT2D eigenvalue weighted by Crippen LogP contribution is 2.39. The van der Waals surface area contributed by atoms with E-state index in [2.05, 4.69) is 26.9 Å². The van der Waals surface area contributed by atoms with Crippen LogP contribution in [-0.2, 0) is 111 Å². The third-order valence-electron chi connectivity index (χ3n) is 24.1. The van der Waals surface area contributed by atoms with E-state index in [1.807, 2.05) is 94.9 Å². The number of allylic oxidation sites excluding steroid dienone is 6. The molecule has 32 heteroatoms. The molecule has 724 valence electrons. The summed E-state index contributed by atoms with van der Waals surface area (Å²) < 4.78 is 79.7. The SMILES string of the molecule is CCCOCCOCCOCCC(=O)CCCOCCOCC.CCOCCOCCC(=O)CCCCCn1nc(-c2cnc3[nH]ccc3c2)c2c(N)ncnc21.COCCCC(=O)O[C@@H]1CC[C@@H](C[C@@H](C)[C@@H]2CC(=O)[C@H](C)/C=C(\C)[C@@H](O)[C@@H](OC)C(=O)[C@H](C)C[C@H](C)/C=C/C=C/C=C(\C)[C@@H](OC)C[C@@H]3CC[C@@H](C)[C@@](O)(O3)C(=O)C(=O)N3CCCC[C@H]3C(=O)O2)C[C@H]1OC. The number of carbonyl (C=O) groups excluding carboxylic acids is 8. The van der Waals surface area contributed by atoms with Crippen LogP contribution in [0.25, 0.3) is 33.3 Å². The van der Waals surface area contributed by atoms with Gasteiger partial charge in [-0.25, -0.2) is 24.4 Å². The molecular formula is C97H152N8O24. The van der Waals surface area contributed by atoms with Crippen molar-refractivity contribution >= 4 is 74.6 Å². The summed E-state index contributed by atoms with van der Waals surface area (Å²) in [4.78, 5) is 125. The number of hydrogen-bond acceptors (Lipinski definition) is 29. The number of aryl methyl sites for hydroxylation is 1. The Morgan fingerprint density at radius 1 is 0.682 bits per heavy atom. The lowest BCUT2D eigenvalue weighted by Crippen LogP contribution is -2.61. The zero-order valence-electron chi connectivity index (χ0n) is 79.4. The van der Waals surface area contributed by atoms with Crippen molar-refractivity contribution in [2.45, 2.75) is 278 Å². The van der Waals surface area contributed by atoms with Crippen molar-refractivity contribution in [1.29, 1.82) is 0 Å². The number of methoxy groups -OCH3 is 4. The molecule has 0 unspecified atom stereocenters. The lowest BCUT2D eigenvalue weighted by atomic mass is 9.78.